The summed E-state index contributed by atoms with van der Waals surface area (Å²) >= 11 is 1.42. The Kier molecular flexibility index (Phi) is 8.35. The van der Waals surface area contributed by atoms with E-state index in [0.717, 1.165) is 40.7 Å². The predicted octanol–water partition coefficient (Wildman–Crippen LogP) is 5.32. The summed E-state index contributed by atoms with van der Waals surface area (Å²) in [5.41, 5.74) is 2.06. The molecule has 0 spiro atoms. The first-order valence-corrected chi connectivity index (χ1v) is 11.9. The van der Waals surface area contributed by atoms with Crippen LogP contribution in [0.3, 0.4) is 0 Å². The highest BCUT2D eigenvalue weighted by molar-refractivity contribution is 7.99. The van der Waals surface area contributed by atoms with Gasteiger partial charge in [-0.25, -0.2) is 0 Å². The smallest absolute Gasteiger partial charge is 0.230 e. The second kappa shape index (κ2) is 11.2. The number of nitrogens with zero attached hydrogens (tertiary/aromatic N) is 3. The number of rotatable bonds is 11. The SMILES string of the molecule is Cc1occc1-c1nnc(SCC(=O)NC(C)CCCC(C)C)n1Cc1ccccc1. The van der Waals surface area contributed by atoms with Gasteiger partial charge in [-0.2, -0.15) is 0 Å². The van der Waals surface area contributed by atoms with E-state index in [0.29, 0.717) is 18.2 Å². The van der Waals surface area contributed by atoms with Crippen molar-refractivity contribution in [2.45, 2.75) is 64.7 Å². The van der Waals surface area contributed by atoms with Crippen LogP contribution < -0.4 is 5.32 Å². The van der Waals surface area contributed by atoms with Gasteiger partial charge in [-0.15, -0.1) is 10.2 Å². The quantitative estimate of drug-likeness (QED) is 0.409. The molecule has 3 aromatic rings. The fraction of sp³-hybridized carbons (Fsp3) is 0.458. The van der Waals surface area contributed by atoms with Gasteiger partial charge in [-0.1, -0.05) is 68.8 Å². The van der Waals surface area contributed by atoms with Gasteiger partial charge in [0.1, 0.15) is 5.76 Å². The van der Waals surface area contributed by atoms with Gasteiger partial charge in [0.15, 0.2) is 11.0 Å². The minimum atomic E-state index is 0.0253. The van der Waals surface area contributed by atoms with Crippen LogP contribution in [0.15, 0.2) is 52.2 Å². The van der Waals surface area contributed by atoms with Crippen LogP contribution in [0.2, 0.25) is 0 Å². The summed E-state index contributed by atoms with van der Waals surface area (Å²) < 4.78 is 7.52. The number of hydrogen-bond donors (Lipinski definition) is 1. The first kappa shape index (κ1) is 23.1. The average Bonchev–Trinajstić information content (AvgIpc) is 3.32. The molecule has 1 aromatic carbocycles. The molecular formula is C24H32N4O2S. The Balaban J connectivity index is 1.67. The van der Waals surface area contributed by atoms with E-state index in [9.17, 15) is 4.79 Å². The normalized spacial score (nSPS) is 12.3. The number of hydrogen-bond acceptors (Lipinski definition) is 5. The summed E-state index contributed by atoms with van der Waals surface area (Å²) in [6, 6.07) is 12.3. The van der Waals surface area contributed by atoms with E-state index < -0.39 is 0 Å². The van der Waals surface area contributed by atoms with Crippen molar-refractivity contribution in [3.05, 3.63) is 54.0 Å². The van der Waals surface area contributed by atoms with E-state index in [2.05, 4.69) is 53.0 Å². The maximum absolute atomic E-state index is 12.5. The third-order valence-corrected chi connectivity index (χ3v) is 6.13. The van der Waals surface area contributed by atoms with Crippen LogP contribution in [0.25, 0.3) is 11.4 Å². The van der Waals surface area contributed by atoms with Crippen molar-refractivity contribution in [2.75, 3.05) is 5.75 Å². The Labute approximate surface area is 188 Å². The summed E-state index contributed by atoms with van der Waals surface area (Å²) in [6.45, 7) is 9.07. The molecule has 0 saturated heterocycles. The van der Waals surface area contributed by atoms with Gasteiger partial charge in [-0.05, 0) is 37.8 Å². The van der Waals surface area contributed by atoms with Crippen LogP contribution in [-0.2, 0) is 11.3 Å². The Morgan fingerprint density at radius 3 is 2.58 bits per heavy atom. The molecule has 0 aliphatic carbocycles. The zero-order chi connectivity index (χ0) is 22.2. The lowest BCUT2D eigenvalue weighted by molar-refractivity contribution is -0.119. The van der Waals surface area contributed by atoms with E-state index in [4.69, 9.17) is 4.42 Å². The molecule has 1 atom stereocenters. The largest absolute Gasteiger partial charge is 0.469 e. The van der Waals surface area contributed by atoms with Crippen LogP contribution >= 0.6 is 11.8 Å². The monoisotopic (exact) mass is 440 g/mol. The van der Waals surface area contributed by atoms with E-state index in [1.165, 1.54) is 18.2 Å². The van der Waals surface area contributed by atoms with Crippen molar-refractivity contribution < 1.29 is 9.21 Å². The van der Waals surface area contributed by atoms with Gasteiger partial charge < -0.3 is 9.73 Å². The number of benzene rings is 1. The minimum Gasteiger partial charge on any atom is -0.469 e. The predicted molar refractivity (Wildman–Crippen MR) is 125 cm³/mol. The highest BCUT2D eigenvalue weighted by atomic mass is 32.2. The molecule has 0 saturated carbocycles. The Bertz CT molecular complexity index is 965. The molecule has 7 heteroatoms. The average molecular weight is 441 g/mol. The van der Waals surface area contributed by atoms with Gasteiger partial charge in [0.2, 0.25) is 5.91 Å². The molecule has 3 rings (SSSR count). The fourth-order valence-electron chi connectivity index (χ4n) is 3.47. The van der Waals surface area contributed by atoms with Gasteiger partial charge >= 0.3 is 0 Å². The molecule has 0 aliphatic heterocycles. The maximum atomic E-state index is 12.5. The molecule has 2 heterocycles. The second-order valence-corrected chi connectivity index (χ2v) is 9.29. The van der Waals surface area contributed by atoms with Crippen LogP contribution in [0.4, 0.5) is 0 Å². The van der Waals surface area contributed by atoms with E-state index in [1.807, 2.05) is 31.2 Å². The zero-order valence-electron chi connectivity index (χ0n) is 18.8. The lowest BCUT2D eigenvalue weighted by Crippen LogP contribution is -2.33. The van der Waals surface area contributed by atoms with Crippen molar-refractivity contribution in [3.63, 3.8) is 0 Å². The van der Waals surface area contributed by atoms with Crippen molar-refractivity contribution in [3.8, 4) is 11.4 Å². The first-order valence-electron chi connectivity index (χ1n) is 10.9. The number of amides is 1. The number of aromatic nitrogens is 3. The van der Waals surface area contributed by atoms with E-state index in [-0.39, 0.29) is 11.9 Å². The summed E-state index contributed by atoms with van der Waals surface area (Å²) in [5.74, 6) is 2.58. The maximum Gasteiger partial charge on any atom is 0.230 e. The molecular weight excluding hydrogens is 408 g/mol. The van der Waals surface area contributed by atoms with Gasteiger partial charge in [0.05, 0.1) is 24.1 Å². The molecule has 0 bridgehead atoms. The molecule has 1 N–H and O–H groups in total. The minimum absolute atomic E-state index is 0.0253. The summed E-state index contributed by atoms with van der Waals surface area (Å²) in [7, 11) is 0. The standard InChI is InChI=1S/C24H32N4O2S/c1-17(2)9-8-10-18(3)25-22(29)16-31-24-27-26-23(21-13-14-30-19(21)4)28(24)15-20-11-6-5-7-12-20/h5-7,11-14,17-18H,8-10,15-16H2,1-4H3,(H,25,29). The molecule has 0 aliphatic rings. The Morgan fingerprint density at radius 2 is 1.90 bits per heavy atom. The molecule has 31 heavy (non-hydrogen) atoms. The zero-order valence-corrected chi connectivity index (χ0v) is 19.6. The van der Waals surface area contributed by atoms with Crippen LogP contribution in [-0.4, -0.2) is 32.5 Å². The molecule has 0 radical (unpaired) electrons. The van der Waals surface area contributed by atoms with E-state index >= 15 is 0 Å². The van der Waals surface area contributed by atoms with Crippen LogP contribution in [0, 0.1) is 12.8 Å². The number of carbonyl (C=O) groups excluding carboxylic acids is 1. The number of nitrogens with one attached hydrogen (secondary N) is 1. The van der Waals surface area contributed by atoms with Crippen molar-refractivity contribution in [1.29, 1.82) is 0 Å². The van der Waals surface area contributed by atoms with Gasteiger partial charge in [0, 0.05) is 6.04 Å². The molecule has 1 unspecified atom stereocenters. The van der Waals surface area contributed by atoms with Crippen molar-refractivity contribution >= 4 is 17.7 Å². The number of furan rings is 1. The lowest BCUT2D eigenvalue weighted by Gasteiger charge is -2.14. The van der Waals surface area contributed by atoms with E-state index in [1.54, 1.807) is 6.26 Å². The van der Waals surface area contributed by atoms with Crippen molar-refractivity contribution in [1.82, 2.24) is 20.1 Å². The van der Waals surface area contributed by atoms with Crippen LogP contribution in [0.5, 0.6) is 0 Å². The van der Waals surface area contributed by atoms with Crippen molar-refractivity contribution in [2.24, 2.45) is 5.92 Å². The summed E-state index contributed by atoms with van der Waals surface area (Å²) in [6.07, 6.45) is 4.98. The lowest BCUT2D eigenvalue weighted by atomic mass is 10.0. The molecule has 2 aromatic heterocycles. The van der Waals surface area contributed by atoms with Gasteiger partial charge in [-0.3, -0.25) is 9.36 Å². The molecule has 1 amide bonds. The third-order valence-electron chi connectivity index (χ3n) is 5.16. The summed E-state index contributed by atoms with van der Waals surface area (Å²) in [5, 5.41) is 12.6. The Morgan fingerprint density at radius 1 is 1.13 bits per heavy atom. The molecule has 6 nitrogen and oxygen atoms in total. The fourth-order valence-corrected chi connectivity index (χ4v) is 4.22. The topological polar surface area (TPSA) is 72.9 Å². The first-order chi connectivity index (χ1) is 14.9. The number of carbonyl (C=O) groups is 1. The van der Waals surface area contributed by atoms with Crippen LogP contribution in [0.1, 0.15) is 51.4 Å². The summed E-state index contributed by atoms with van der Waals surface area (Å²) in [4.78, 5) is 12.5. The third kappa shape index (κ3) is 6.72. The molecule has 0 fully saturated rings. The highest BCUT2D eigenvalue weighted by Gasteiger charge is 2.19. The van der Waals surface area contributed by atoms with Gasteiger partial charge in [0.25, 0.3) is 0 Å². The second-order valence-electron chi connectivity index (χ2n) is 8.35. The Hall–Kier alpha value is -2.54. The highest BCUT2D eigenvalue weighted by Crippen LogP contribution is 2.28. The molecule has 166 valence electrons. The number of aryl methyl sites for hydroxylation is 1. The number of thioether (sulfide) groups is 1.